The van der Waals surface area contributed by atoms with Crippen LogP contribution in [0.25, 0.3) is 0 Å². The molecule has 4 rings (SSSR count). The van der Waals surface area contributed by atoms with Gasteiger partial charge in [-0.05, 0) is 61.5 Å². The number of aromatic nitrogens is 1. The Kier molecular flexibility index (Phi) is 3.39. The summed E-state index contributed by atoms with van der Waals surface area (Å²) >= 11 is 0. The molecule has 3 aliphatic carbocycles. The van der Waals surface area contributed by atoms with Gasteiger partial charge in [0.05, 0.1) is 5.56 Å². The van der Waals surface area contributed by atoms with Crippen molar-refractivity contribution in [3.05, 3.63) is 29.6 Å². The summed E-state index contributed by atoms with van der Waals surface area (Å²) in [6, 6.07) is 2.24. The minimum absolute atomic E-state index is 0.175. The molecule has 3 aliphatic rings. The van der Waals surface area contributed by atoms with E-state index >= 15 is 0 Å². The molecule has 0 radical (unpaired) electrons. The lowest BCUT2D eigenvalue weighted by atomic mass is 9.79. The lowest BCUT2D eigenvalue weighted by Crippen LogP contribution is -2.42. The van der Waals surface area contributed by atoms with Gasteiger partial charge in [0.15, 0.2) is 0 Å². The number of nitrogens with one attached hydrogen (secondary N) is 1. The SMILES string of the molecule is O=C(N[C@@H]1C[C@H]2C[C@H]1[C@H]1CCC[C@@H]21)c1ccc(C(F)(F)F)nc1. The second-order valence-electron chi connectivity index (χ2n) is 7.16. The Balaban J connectivity index is 1.43. The molecular formula is C17H19F3N2O. The molecule has 1 amide bonds. The molecule has 3 fully saturated rings. The van der Waals surface area contributed by atoms with Crippen LogP contribution in [0.1, 0.15) is 48.2 Å². The fourth-order valence-corrected chi connectivity index (χ4v) is 5.18. The van der Waals surface area contributed by atoms with Gasteiger partial charge in [0.1, 0.15) is 5.69 Å². The topological polar surface area (TPSA) is 42.0 Å². The van der Waals surface area contributed by atoms with E-state index in [2.05, 4.69) is 10.3 Å². The van der Waals surface area contributed by atoms with E-state index in [1.807, 2.05) is 0 Å². The quantitative estimate of drug-likeness (QED) is 0.902. The van der Waals surface area contributed by atoms with Gasteiger partial charge in [0.2, 0.25) is 0 Å². The first-order valence-electron chi connectivity index (χ1n) is 8.27. The molecule has 1 aromatic heterocycles. The predicted molar refractivity (Wildman–Crippen MR) is 77.5 cm³/mol. The van der Waals surface area contributed by atoms with Gasteiger partial charge in [0, 0.05) is 12.2 Å². The second kappa shape index (κ2) is 5.21. The molecule has 0 saturated heterocycles. The fraction of sp³-hybridized carbons (Fsp3) is 0.647. The summed E-state index contributed by atoms with van der Waals surface area (Å²) in [5.41, 5.74) is -0.772. The Hall–Kier alpha value is -1.59. The van der Waals surface area contributed by atoms with Crippen molar-refractivity contribution in [2.75, 3.05) is 0 Å². The van der Waals surface area contributed by atoms with Crippen LogP contribution in [-0.2, 0) is 6.18 Å². The molecule has 5 atom stereocenters. The molecule has 1 N–H and O–H groups in total. The number of hydrogen-bond donors (Lipinski definition) is 1. The van der Waals surface area contributed by atoms with Crippen LogP contribution in [0.5, 0.6) is 0 Å². The standard InChI is InChI=1S/C17H19F3N2O/c18-17(19,20)15-5-4-9(8-21-15)16(23)22-14-7-10-6-13(14)12-3-1-2-11(10)12/h4-5,8,10-14H,1-3,6-7H2,(H,22,23)/t10-,11+,12+,13+,14-/m1/s1. The van der Waals surface area contributed by atoms with Crippen LogP contribution < -0.4 is 5.32 Å². The highest BCUT2D eigenvalue weighted by Gasteiger charge is 2.54. The van der Waals surface area contributed by atoms with Crippen LogP contribution in [0.4, 0.5) is 13.2 Å². The molecule has 3 saturated carbocycles. The van der Waals surface area contributed by atoms with Crippen LogP contribution in [0.15, 0.2) is 18.3 Å². The summed E-state index contributed by atoms with van der Waals surface area (Å²) in [5.74, 6) is 2.56. The summed E-state index contributed by atoms with van der Waals surface area (Å²) in [4.78, 5) is 15.7. The number of hydrogen-bond acceptors (Lipinski definition) is 2. The highest BCUT2D eigenvalue weighted by molar-refractivity contribution is 5.94. The van der Waals surface area contributed by atoms with Gasteiger partial charge < -0.3 is 5.32 Å². The summed E-state index contributed by atoms with van der Waals surface area (Å²) in [6.07, 6.45) is 2.65. The number of nitrogens with zero attached hydrogens (tertiary/aromatic N) is 1. The molecule has 0 unspecified atom stereocenters. The van der Waals surface area contributed by atoms with Gasteiger partial charge in [-0.3, -0.25) is 9.78 Å². The minimum atomic E-state index is -4.48. The molecular weight excluding hydrogens is 305 g/mol. The smallest absolute Gasteiger partial charge is 0.349 e. The number of carbonyl (C=O) groups excluding carboxylic acids is 1. The van der Waals surface area contributed by atoms with Gasteiger partial charge in [-0.25, -0.2) is 0 Å². The van der Waals surface area contributed by atoms with Crippen LogP contribution in [0.3, 0.4) is 0 Å². The normalized spacial score (nSPS) is 35.3. The number of fused-ring (bicyclic) bond motifs is 5. The number of halogens is 3. The van der Waals surface area contributed by atoms with Crippen LogP contribution in [0.2, 0.25) is 0 Å². The van der Waals surface area contributed by atoms with Crippen molar-refractivity contribution in [2.24, 2.45) is 23.7 Å². The fourth-order valence-electron chi connectivity index (χ4n) is 5.18. The number of rotatable bonds is 2. The van der Waals surface area contributed by atoms with E-state index in [1.54, 1.807) is 0 Å². The van der Waals surface area contributed by atoms with Crippen molar-refractivity contribution in [3.63, 3.8) is 0 Å². The van der Waals surface area contributed by atoms with Crippen molar-refractivity contribution in [1.29, 1.82) is 0 Å². The van der Waals surface area contributed by atoms with Crippen molar-refractivity contribution in [3.8, 4) is 0 Å². The number of amides is 1. The molecule has 1 aromatic rings. The third-order valence-electron chi connectivity index (χ3n) is 6.06. The molecule has 6 heteroatoms. The average molecular weight is 324 g/mol. The lowest BCUT2D eigenvalue weighted by Gasteiger charge is -2.32. The maximum Gasteiger partial charge on any atom is 0.433 e. The van der Waals surface area contributed by atoms with Gasteiger partial charge >= 0.3 is 6.18 Å². The molecule has 0 aromatic carbocycles. The van der Waals surface area contributed by atoms with Crippen molar-refractivity contribution in [1.82, 2.24) is 10.3 Å². The highest BCUT2D eigenvalue weighted by Crippen LogP contribution is 2.58. The third kappa shape index (κ3) is 2.52. The van der Waals surface area contributed by atoms with Crippen LogP contribution >= 0.6 is 0 Å². The van der Waals surface area contributed by atoms with E-state index in [1.165, 1.54) is 31.7 Å². The first-order chi connectivity index (χ1) is 10.9. The lowest BCUT2D eigenvalue weighted by molar-refractivity contribution is -0.141. The first-order valence-corrected chi connectivity index (χ1v) is 8.27. The van der Waals surface area contributed by atoms with Gasteiger partial charge in [-0.2, -0.15) is 13.2 Å². The van der Waals surface area contributed by atoms with Crippen molar-refractivity contribution in [2.45, 2.75) is 44.3 Å². The largest absolute Gasteiger partial charge is 0.433 e. The molecule has 124 valence electrons. The van der Waals surface area contributed by atoms with Crippen LogP contribution in [0, 0.1) is 23.7 Å². The maximum atomic E-state index is 12.5. The summed E-state index contributed by atoms with van der Waals surface area (Å²) in [5, 5.41) is 3.04. The van der Waals surface area contributed by atoms with Crippen LogP contribution in [-0.4, -0.2) is 16.9 Å². The molecule has 2 bridgehead atoms. The first kappa shape index (κ1) is 15.0. The number of alkyl halides is 3. The Morgan fingerprint density at radius 1 is 1.13 bits per heavy atom. The number of carbonyl (C=O) groups is 1. The summed E-state index contributed by atoms with van der Waals surface area (Å²) < 4.78 is 37.5. The second-order valence-corrected chi connectivity index (χ2v) is 7.16. The molecule has 0 aliphatic heterocycles. The van der Waals surface area contributed by atoms with Gasteiger partial charge in [-0.15, -0.1) is 0 Å². The van der Waals surface area contributed by atoms with E-state index in [9.17, 15) is 18.0 Å². The van der Waals surface area contributed by atoms with Crippen molar-refractivity contribution < 1.29 is 18.0 Å². The molecule has 0 spiro atoms. The Morgan fingerprint density at radius 3 is 2.61 bits per heavy atom. The van der Waals surface area contributed by atoms with E-state index in [0.717, 1.165) is 36.4 Å². The highest BCUT2D eigenvalue weighted by atomic mass is 19.4. The van der Waals surface area contributed by atoms with Gasteiger partial charge in [-0.1, -0.05) is 6.42 Å². The van der Waals surface area contributed by atoms with E-state index in [4.69, 9.17) is 0 Å². The van der Waals surface area contributed by atoms with E-state index in [-0.39, 0.29) is 17.5 Å². The molecule has 3 nitrogen and oxygen atoms in total. The summed E-state index contributed by atoms with van der Waals surface area (Å²) in [6.45, 7) is 0. The Bertz CT molecular complexity index is 613. The summed E-state index contributed by atoms with van der Waals surface area (Å²) in [7, 11) is 0. The molecule has 23 heavy (non-hydrogen) atoms. The maximum absolute atomic E-state index is 12.5. The Labute approximate surface area is 132 Å². The number of pyridine rings is 1. The Morgan fingerprint density at radius 2 is 1.91 bits per heavy atom. The minimum Gasteiger partial charge on any atom is -0.349 e. The zero-order valence-corrected chi connectivity index (χ0v) is 12.6. The van der Waals surface area contributed by atoms with E-state index in [0.29, 0.717) is 5.92 Å². The zero-order chi connectivity index (χ0) is 16.2. The third-order valence-corrected chi connectivity index (χ3v) is 6.06. The van der Waals surface area contributed by atoms with E-state index < -0.39 is 11.9 Å². The monoisotopic (exact) mass is 324 g/mol. The molecule has 1 heterocycles. The predicted octanol–water partition coefficient (Wildman–Crippen LogP) is 3.65. The van der Waals surface area contributed by atoms with Crippen molar-refractivity contribution >= 4 is 5.91 Å². The average Bonchev–Trinajstić information content (AvgIpc) is 3.18. The zero-order valence-electron chi connectivity index (χ0n) is 12.6. The van der Waals surface area contributed by atoms with Gasteiger partial charge in [0.25, 0.3) is 5.91 Å².